The van der Waals surface area contributed by atoms with Gasteiger partial charge in [-0.2, -0.15) is 12.6 Å². The molecule has 1 aliphatic rings. The number of aryl methyl sites for hydroxylation is 3. The van der Waals surface area contributed by atoms with E-state index in [2.05, 4.69) is 30.2 Å². The van der Waals surface area contributed by atoms with Crippen molar-refractivity contribution in [2.75, 3.05) is 11.1 Å². The molecule has 2 aromatic carbocycles. The van der Waals surface area contributed by atoms with Gasteiger partial charge in [0, 0.05) is 17.5 Å². The minimum atomic E-state index is -0.953. The molecule has 1 saturated carbocycles. The van der Waals surface area contributed by atoms with Gasteiger partial charge in [-0.15, -0.1) is 0 Å². The Kier molecular flexibility index (Phi) is 8.95. The zero-order valence-electron chi connectivity index (χ0n) is 22.8. The molecule has 3 amide bonds. The highest BCUT2D eigenvalue weighted by Gasteiger charge is 2.48. The molecule has 1 aliphatic carbocycles. The number of benzene rings is 2. The number of hydrogen-bond donors (Lipinski definition) is 3. The maximum atomic E-state index is 14.0. The zero-order chi connectivity index (χ0) is 27.5. The third-order valence-corrected chi connectivity index (χ3v) is 6.83. The van der Waals surface area contributed by atoms with Crippen molar-refractivity contribution in [1.82, 2.24) is 10.2 Å². The highest BCUT2D eigenvalue weighted by molar-refractivity contribution is 7.80. The van der Waals surface area contributed by atoms with Crippen molar-refractivity contribution in [3.05, 3.63) is 64.7 Å². The predicted molar refractivity (Wildman–Crippen MR) is 150 cm³/mol. The number of nitrogens with one attached hydrogen (secondary N) is 2. The summed E-state index contributed by atoms with van der Waals surface area (Å²) in [5, 5.41) is 5.76. The Balaban J connectivity index is 2.01. The lowest BCUT2D eigenvalue weighted by Gasteiger charge is -2.35. The minimum Gasteiger partial charge on any atom is -0.444 e. The van der Waals surface area contributed by atoms with Gasteiger partial charge in [0.15, 0.2) is 0 Å². The lowest BCUT2D eigenvalue weighted by atomic mass is 10.00. The smallest absolute Gasteiger partial charge is 0.408 e. The molecule has 0 aliphatic heterocycles. The Morgan fingerprint density at radius 3 is 2.19 bits per heavy atom. The third-order valence-electron chi connectivity index (χ3n) is 6.46. The molecule has 0 aromatic heterocycles. The molecule has 0 bridgehead atoms. The molecule has 1 fully saturated rings. The summed E-state index contributed by atoms with van der Waals surface area (Å²) in [4.78, 5) is 42.2. The predicted octanol–water partition coefficient (Wildman–Crippen LogP) is 5.35. The second-order valence-electron chi connectivity index (χ2n) is 11.0. The third kappa shape index (κ3) is 7.28. The Labute approximate surface area is 225 Å². The van der Waals surface area contributed by atoms with Crippen molar-refractivity contribution in [3.8, 4) is 0 Å². The fourth-order valence-corrected chi connectivity index (χ4v) is 4.72. The Morgan fingerprint density at radius 1 is 1.08 bits per heavy atom. The number of alkyl carbamates (subject to hydrolysis) is 1. The summed E-state index contributed by atoms with van der Waals surface area (Å²) < 4.78 is 5.38. The van der Waals surface area contributed by atoms with E-state index in [1.165, 1.54) is 0 Å². The van der Waals surface area contributed by atoms with Crippen LogP contribution in [0, 0.1) is 26.7 Å². The van der Waals surface area contributed by atoms with Crippen LogP contribution >= 0.6 is 12.6 Å². The van der Waals surface area contributed by atoms with Gasteiger partial charge in [-0.1, -0.05) is 55.0 Å². The van der Waals surface area contributed by atoms with Gasteiger partial charge in [0.05, 0.1) is 0 Å². The lowest BCUT2D eigenvalue weighted by molar-refractivity contribution is -0.141. The fraction of sp³-hybridized carbons (Fsp3) is 0.483. The summed E-state index contributed by atoms with van der Waals surface area (Å²) in [7, 11) is 0. The maximum absolute atomic E-state index is 14.0. The average molecular weight is 526 g/mol. The van der Waals surface area contributed by atoms with Crippen molar-refractivity contribution in [2.24, 2.45) is 5.92 Å². The van der Waals surface area contributed by atoms with Crippen LogP contribution in [0.2, 0.25) is 0 Å². The summed E-state index contributed by atoms with van der Waals surface area (Å²) in [5.74, 6) is -0.371. The first-order valence-corrected chi connectivity index (χ1v) is 13.3. The van der Waals surface area contributed by atoms with Crippen LogP contribution in [-0.2, 0) is 14.3 Å². The molecule has 4 unspecified atom stereocenters. The number of thiol groups is 1. The Morgan fingerprint density at radius 2 is 1.68 bits per heavy atom. The molecular formula is C29H39N3O4S. The quantitative estimate of drug-likeness (QED) is 0.406. The molecule has 7 nitrogen and oxygen atoms in total. The largest absolute Gasteiger partial charge is 0.444 e. The molecule has 3 rings (SSSR count). The fourth-order valence-electron chi connectivity index (χ4n) is 4.47. The number of carbonyl (C=O) groups is 3. The second kappa shape index (κ2) is 11.6. The molecule has 0 spiro atoms. The Bertz CT molecular complexity index is 1140. The minimum absolute atomic E-state index is 0.0642. The Hall–Kier alpha value is -3.00. The van der Waals surface area contributed by atoms with Crippen LogP contribution in [0.4, 0.5) is 10.5 Å². The number of nitrogens with zero attached hydrogens (tertiary/aromatic N) is 1. The van der Waals surface area contributed by atoms with Gasteiger partial charge in [-0.3, -0.25) is 9.59 Å². The van der Waals surface area contributed by atoms with Gasteiger partial charge in [0.1, 0.15) is 17.7 Å². The van der Waals surface area contributed by atoms with Gasteiger partial charge in [0.25, 0.3) is 5.91 Å². The van der Waals surface area contributed by atoms with Crippen LogP contribution in [-0.4, -0.2) is 46.2 Å². The van der Waals surface area contributed by atoms with E-state index < -0.39 is 23.8 Å². The molecule has 0 heterocycles. The number of rotatable bonds is 8. The van der Waals surface area contributed by atoms with E-state index in [-0.39, 0.29) is 29.5 Å². The number of anilines is 1. The molecule has 200 valence electrons. The first-order chi connectivity index (χ1) is 17.3. The van der Waals surface area contributed by atoms with Crippen LogP contribution in [0.15, 0.2) is 42.5 Å². The van der Waals surface area contributed by atoms with Gasteiger partial charge >= 0.3 is 6.09 Å². The van der Waals surface area contributed by atoms with Crippen molar-refractivity contribution in [2.45, 2.75) is 78.6 Å². The van der Waals surface area contributed by atoms with Gasteiger partial charge < -0.3 is 20.3 Å². The molecule has 8 heteroatoms. The number of carbonyl (C=O) groups excluding carboxylic acids is 3. The first kappa shape index (κ1) is 28.6. The highest BCUT2D eigenvalue weighted by atomic mass is 32.1. The summed E-state index contributed by atoms with van der Waals surface area (Å²) >= 11 is 4.36. The van der Waals surface area contributed by atoms with Crippen molar-refractivity contribution in [3.63, 3.8) is 0 Å². The van der Waals surface area contributed by atoms with Crippen LogP contribution < -0.4 is 10.6 Å². The average Bonchev–Trinajstić information content (AvgIpc) is 3.52. The van der Waals surface area contributed by atoms with Crippen LogP contribution in [0.1, 0.15) is 62.4 Å². The van der Waals surface area contributed by atoms with E-state index in [9.17, 15) is 14.4 Å². The lowest BCUT2D eigenvalue weighted by Crippen LogP contribution is -2.54. The van der Waals surface area contributed by atoms with Gasteiger partial charge in [-0.05, 0) is 70.6 Å². The van der Waals surface area contributed by atoms with Gasteiger partial charge in [0.2, 0.25) is 5.91 Å². The molecule has 2 aromatic rings. The molecule has 37 heavy (non-hydrogen) atoms. The van der Waals surface area contributed by atoms with Crippen molar-refractivity contribution >= 4 is 36.2 Å². The van der Waals surface area contributed by atoms with E-state index in [1.807, 2.05) is 63.2 Å². The van der Waals surface area contributed by atoms with Crippen LogP contribution in [0.3, 0.4) is 0 Å². The monoisotopic (exact) mass is 525 g/mol. The molecule has 2 N–H and O–H groups in total. The maximum Gasteiger partial charge on any atom is 0.408 e. The van der Waals surface area contributed by atoms with E-state index >= 15 is 0 Å². The standard InChI is InChI=1S/C29H39N3O4S/c1-17-10-8-13-21(14-17)25(26(33)31-24-18(2)11-9-12-19(24)3)32(23-15-20(23)4)27(34)22(16-37)30-28(35)36-29(5,6)7/h8-14,20,22-23,25,37H,15-16H2,1-7H3,(H,30,35)(H,31,33). The highest BCUT2D eigenvalue weighted by Crippen LogP contribution is 2.41. The molecule has 0 saturated heterocycles. The van der Waals surface area contributed by atoms with E-state index in [4.69, 9.17) is 4.74 Å². The zero-order valence-corrected chi connectivity index (χ0v) is 23.7. The molecule has 0 radical (unpaired) electrons. The number of para-hydroxylation sites is 1. The SMILES string of the molecule is Cc1cccc(C(C(=O)Nc2c(C)cccc2C)N(C(=O)C(CS)NC(=O)OC(C)(C)C)C2CC2C)c1. The van der Waals surface area contributed by atoms with Crippen molar-refractivity contribution in [1.29, 1.82) is 0 Å². The van der Waals surface area contributed by atoms with E-state index in [0.29, 0.717) is 5.56 Å². The number of hydrogen-bond acceptors (Lipinski definition) is 5. The molecular weight excluding hydrogens is 486 g/mol. The normalized spacial score (nSPS) is 18.4. The topological polar surface area (TPSA) is 87.7 Å². The number of amides is 3. The van der Waals surface area contributed by atoms with Gasteiger partial charge in [-0.25, -0.2) is 4.79 Å². The van der Waals surface area contributed by atoms with E-state index in [1.54, 1.807) is 25.7 Å². The number of ether oxygens (including phenoxy) is 1. The second-order valence-corrected chi connectivity index (χ2v) is 11.3. The summed E-state index contributed by atoms with van der Waals surface area (Å²) in [6, 6.07) is 11.5. The summed E-state index contributed by atoms with van der Waals surface area (Å²) in [6.45, 7) is 13.2. The summed E-state index contributed by atoms with van der Waals surface area (Å²) in [5.41, 5.74) is 3.60. The van der Waals surface area contributed by atoms with Crippen LogP contribution in [0.5, 0.6) is 0 Å². The summed E-state index contributed by atoms with van der Waals surface area (Å²) in [6.07, 6.45) is 0.0759. The van der Waals surface area contributed by atoms with Crippen molar-refractivity contribution < 1.29 is 19.1 Å². The first-order valence-electron chi connectivity index (χ1n) is 12.7. The molecule has 4 atom stereocenters. The van der Waals surface area contributed by atoms with E-state index in [0.717, 1.165) is 28.8 Å². The van der Waals surface area contributed by atoms with Crippen LogP contribution in [0.25, 0.3) is 0 Å².